The molecule has 1 rings (SSSR count). The summed E-state index contributed by atoms with van der Waals surface area (Å²) >= 11 is 0. The van der Waals surface area contributed by atoms with Crippen LogP contribution in [-0.2, 0) is 4.74 Å². The van der Waals surface area contributed by atoms with Crippen LogP contribution in [0.1, 0.15) is 33.6 Å². The standard InChI is InChI=1S/C11H21NO3/c1-11(2,3)15-10(14)12-6-4-9(8-12)5-7-13/h9,13H,4-8H2,1-3H3/t9-/m1/s1. The van der Waals surface area contributed by atoms with Crippen LogP contribution in [0.15, 0.2) is 0 Å². The van der Waals surface area contributed by atoms with Gasteiger partial charge in [0, 0.05) is 19.7 Å². The average molecular weight is 215 g/mol. The van der Waals surface area contributed by atoms with Crippen LogP contribution in [0.25, 0.3) is 0 Å². The van der Waals surface area contributed by atoms with Crippen LogP contribution in [0.3, 0.4) is 0 Å². The molecule has 0 aromatic rings. The molecule has 0 bridgehead atoms. The monoisotopic (exact) mass is 215 g/mol. The van der Waals surface area contributed by atoms with E-state index in [-0.39, 0.29) is 12.7 Å². The van der Waals surface area contributed by atoms with Gasteiger partial charge in [-0.2, -0.15) is 0 Å². The molecule has 0 radical (unpaired) electrons. The summed E-state index contributed by atoms with van der Waals surface area (Å²) in [4.78, 5) is 13.4. The van der Waals surface area contributed by atoms with E-state index in [0.717, 1.165) is 25.9 Å². The molecule has 0 unspecified atom stereocenters. The number of rotatable bonds is 2. The third-order valence-electron chi connectivity index (χ3n) is 2.47. The first kappa shape index (κ1) is 12.3. The highest BCUT2D eigenvalue weighted by molar-refractivity contribution is 5.68. The summed E-state index contributed by atoms with van der Waals surface area (Å²) in [6, 6.07) is 0. The Morgan fingerprint density at radius 3 is 2.73 bits per heavy atom. The van der Waals surface area contributed by atoms with E-state index < -0.39 is 5.60 Å². The van der Waals surface area contributed by atoms with E-state index in [0.29, 0.717) is 5.92 Å². The van der Waals surface area contributed by atoms with Crippen LogP contribution in [-0.4, -0.2) is 41.4 Å². The second kappa shape index (κ2) is 4.84. The molecule has 1 aliphatic heterocycles. The average Bonchev–Trinajstić information content (AvgIpc) is 2.50. The molecule has 15 heavy (non-hydrogen) atoms. The number of nitrogens with zero attached hydrogens (tertiary/aromatic N) is 1. The van der Waals surface area contributed by atoms with Gasteiger partial charge in [-0.25, -0.2) is 4.79 Å². The van der Waals surface area contributed by atoms with Crippen molar-refractivity contribution in [2.45, 2.75) is 39.2 Å². The smallest absolute Gasteiger partial charge is 0.410 e. The van der Waals surface area contributed by atoms with E-state index in [1.54, 1.807) is 4.90 Å². The van der Waals surface area contributed by atoms with Crippen molar-refractivity contribution in [3.8, 4) is 0 Å². The molecule has 4 heteroatoms. The van der Waals surface area contributed by atoms with Crippen LogP contribution in [0, 0.1) is 5.92 Å². The summed E-state index contributed by atoms with van der Waals surface area (Å²) in [5.74, 6) is 0.433. The molecule has 0 spiro atoms. The number of carbonyl (C=O) groups is 1. The lowest BCUT2D eigenvalue weighted by Crippen LogP contribution is -2.35. The second-order valence-corrected chi connectivity index (χ2v) is 5.09. The van der Waals surface area contributed by atoms with Crippen molar-refractivity contribution < 1.29 is 14.6 Å². The molecule has 1 fully saturated rings. The molecule has 0 aliphatic carbocycles. The normalized spacial score (nSPS) is 21.9. The summed E-state index contributed by atoms with van der Waals surface area (Å²) in [6.07, 6.45) is 1.52. The maximum absolute atomic E-state index is 11.7. The summed E-state index contributed by atoms with van der Waals surface area (Å²) in [5, 5.41) is 8.80. The highest BCUT2D eigenvalue weighted by Crippen LogP contribution is 2.21. The quantitative estimate of drug-likeness (QED) is 0.761. The minimum atomic E-state index is -0.424. The van der Waals surface area contributed by atoms with E-state index in [1.165, 1.54) is 0 Å². The Balaban J connectivity index is 2.37. The van der Waals surface area contributed by atoms with Crippen LogP contribution in [0.5, 0.6) is 0 Å². The Hall–Kier alpha value is -0.770. The Bertz CT molecular complexity index is 222. The van der Waals surface area contributed by atoms with E-state index in [1.807, 2.05) is 20.8 Å². The molecule has 1 atom stereocenters. The Kier molecular flexibility index (Phi) is 3.97. The van der Waals surface area contributed by atoms with Gasteiger partial charge in [-0.3, -0.25) is 0 Å². The fourth-order valence-corrected chi connectivity index (χ4v) is 1.74. The van der Waals surface area contributed by atoms with Crippen molar-refractivity contribution in [2.75, 3.05) is 19.7 Å². The number of hydrogen-bond acceptors (Lipinski definition) is 3. The molecule has 0 saturated carbocycles. The third-order valence-corrected chi connectivity index (χ3v) is 2.47. The predicted molar refractivity (Wildman–Crippen MR) is 57.6 cm³/mol. The number of carbonyl (C=O) groups excluding carboxylic acids is 1. The molecule has 4 nitrogen and oxygen atoms in total. The Labute approximate surface area is 91.2 Å². The molecule has 1 saturated heterocycles. The largest absolute Gasteiger partial charge is 0.444 e. The molecular weight excluding hydrogens is 194 g/mol. The van der Waals surface area contributed by atoms with Gasteiger partial charge in [0.1, 0.15) is 5.60 Å². The van der Waals surface area contributed by atoms with E-state index in [2.05, 4.69) is 0 Å². The first-order valence-electron chi connectivity index (χ1n) is 5.51. The maximum Gasteiger partial charge on any atom is 0.410 e. The summed E-state index contributed by atoms with van der Waals surface area (Å²) in [6.45, 7) is 7.27. The Morgan fingerprint density at radius 1 is 1.53 bits per heavy atom. The number of likely N-dealkylation sites (tertiary alicyclic amines) is 1. The lowest BCUT2D eigenvalue weighted by atomic mass is 10.1. The molecular formula is C11H21NO3. The molecule has 1 N–H and O–H groups in total. The summed E-state index contributed by atoms with van der Waals surface area (Å²) < 4.78 is 5.27. The zero-order chi connectivity index (χ0) is 11.5. The van der Waals surface area contributed by atoms with Gasteiger partial charge in [-0.1, -0.05) is 0 Å². The van der Waals surface area contributed by atoms with Crippen LogP contribution in [0.2, 0.25) is 0 Å². The van der Waals surface area contributed by atoms with Crippen LogP contribution in [0.4, 0.5) is 4.79 Å². The number of hydrogen-bond donors (Lipinski definition) is 1. The number of ether oxygens (including phenoxy) is 1. The molecule has 0 aromatic carbocycles. The number of aliphatic hydroxyl groups is 1. The fourth-order valence-electron chi connectivity index (χ4n) is 1.74. The molecule has 0 aromatic heterocycles. The van der Waals surface area contributed by atoms with Crippen molar-refractivity contribution in [1.82, 2.24) is 4.90 Å². The first-order valence-corrected chi connectivity index (χ1v) is 5.51. The lowest BCUT2D eigenvalue weighted by molar-refractivity contribution is 0.0286. The Morgan fingerprint density at radius 2 is 2.20 bits per heavy atom. The van der Waals surface area contributed by atoms with Gasteiger partial charge in [-0.15, -0.1) is 0 Å². The van der Waals surface area contributed by atoms with Gasteiger partial charge in [0.15, 0.2) is 0 Å². The van der Waals surface area contributed by atoms with Crippen molar-refractivity contribution in [1.29, 1.82) is 0 Å². The third kappa shape index (κ3) is 4.08. The van der Waals surface area contributed by atoms with E-state index in [9.17, 15) is 4.79 Å². The van der Waals surface area contributed by atoms with Crippen molar-refractivity contribution >= 4 is 6.09 Å². The van der Waals surface area contributed by atoms with Gasteiger partial charge in [0.2, 0.25) is 0 Å². The molecule has 1 amide bonds. The van der Waals surface area contributed by atoms with Crippen molar-refractivity contribution in [2.24, 2.45) is 5.92 Å². The van der Waals surface area contributed by atoms with Gasteiger partial charge in [0.05, 0.1) is 0 Å². The molecule has 1 heterocycles. The van der Waals surface area contributed by atoms with Gasteiger partial charge >= 0.3 is 6.09 Å². The van der Waals surface area contributed by atoms with E-state index >= 15 is 0 Å². The first-order chi connectivity index (χ1) is 6.92. The minimum Gasteiger partial charge on any atom is -0.444 e. The predicted octanol–water partition coefficient (Wildman–Crippen LogP) is 1.63. The van der Waals surface area contributed by atoms with Gasteiger partial charge in [-0.05, 0) is 39.5 Å². The zero-order valence-corrected chi connectivity index (χ0v) is 9.82. The lowest BCUT2D eigenvalue weighted by Gasteiger charge is -2.24. The topological polar surface area (TPSA) is 49.8 Å². The van der Waals surface area contributed by atoms with Crippen LogP contribution >= 0.6 is 0 Å². The maximum atomic E-state index is 11.7. The summed E-state index contributed by atoms with van der Waals surface area (Å²) in [7, 11) is 0. The SMILES string of the molecule is CC(C)(C)OC(=O)N1CC[C@H](CCO)C1. The molecule has 1 aliphatic rings. The van der Waals surface area contributed by atoms with Crippen molar-refractivity contribution in [3.63, 3.8) is 0 Å². The fraction of sp³-hybridized carbons (Fsp3) is 0.909. The minimum absolute atomic E-state index is 0.201. The second-order valence-electron chi connectivity index (χ2n) is 5.09. The van der Waals surface area contributed by atoms with E-state index in [4.69, 9.17) is 9.84 Å². The van der Waals surface area contributed by atoms with Gasteiger partial charge < -0.3 is 14.7 Å². The summed E-state index contributed by atoms with van der Waals surface area (Å²) in [5.41, 5.74) is -0.424. The van der Waals surface area contributed by atoms with Gasteiger partial charge in [0.25, 0.3) is 0 Å². The molecule has 88 valence electrons. The highest BCUT2D eigenvalue weighted by atomic mass is 16.6. The highest BCUT2D eigenvalue weighted by Gasteiger charge is 2.29. The number of aliphatic hydroxyl groups excluding tert-OH is 1. The van der Waals surface area contributed by atoms with Crippen LogP contribution < -0.4 is 0 Å². The zero-order valence-electron chi connectivity index (χ0n) is 9.82. The number of amides is 1. The van der Waals surface area contributed by atoms with Crippen molar-refractivity contribution in [3.05, 3.63) is 0 Å².